The van der Waals surface area contributed by atoms with Crippen LogP contribution in [0, 0.1) is 36.9 Å². The largest absolute Gasteiger partial charge is 3.00 e. The van der Waals surface area contributed by atoms with Gasteiger partial charge in [-0.2, -0.15) is 0 Å². The zero-order valence-corrected chi connectivity index (χ0v) is 7.36. The van der Waals surface area contributed by atoms with Crippen LogP contribution >= 0.6 is 0 Å². The summed E-state index contributed by atoms with van der Waals surface area (Å²) in [5.41, 5.74) is 0. The van der Waals surface area contributed by atoms with E-state index in [9.17, 15) is 0 Å². The molecule has 0 bridgehead atoms. The SMILES string of the molecule is O=[Si]([O-])[O-].O=[Si]([O-])[O-].[Lu+3]. The Morgan fingerprint density at radius 1 is 0.778 bits per heavy atom. The van der Waals surface area contributed by atoms with Crippen molar-refractivity contribution in [3.8, 4) is 0 Å². The summed E-state index contributed by atoms with van der Waals surface area (Å²) < 4.78 is 17.0. The van der Waals surface area contributed by atoms with E-state index in [1.54, 1.807) is 0 Å². The zero-order valence-electron chi connectivity index (χ0n) is 3.71. The Hall–Kier alpha value is 0.468. The first kappa shape index (κ1) is 16.2. The number of hydrogen-bond acceptors (Lipinski definition) is 6. The van der Waals surface area contributed by atoms with Crippen LogP contribution < -0.4 is 19.2 Å². The topological polar surface area (TPSA) is 126 Å². The van der Waals surface area contributed by atoms with Crippen LogP contribution in [-0.2, 0) is 8.92 Å². The zero-order chi connectivity index (χ0) is 7.15. The van der Waals surface area contributed by atoms with Gasteiger partial charge in [-0.25, -0.2) is 0 Å². The summed E-state index contributed by atoms with van der Waals surface area (Å²) in [6.07, 6.45) is 0. The minimum absolute atomic E-state index is 0. The molecule has 0 spiro atoms. The van der Waals surface area contributed by atoms with Gasteiger partial charge >= 0.3 is 36.9 Å². The minimum atomic E-state index is -3.63. The standard InChI is InChI=1S/Lu.2O3Si/c;2*1-4(2)3/q+3;2*-2. The first-order valence-corrected chi connectivity index (χ1v) is 3.67. The van der Waals surface area contributed by atoms with E-state index >= 15 is 0 Å². The molecule has 0 aliphatic carbocycles. The van der Waals surface area contributed by atoms with E-state index in [-0.39, 0.29) is 36.9 Å². The van der Waals surface area contributed by atoms with Gasteiger partial charge in [-0.15, -0.1) is 0 Å². The molecule has 0 aliphatic rings. The fourth-order valence-corrected chi connectivity index (χ4v) is 0. The van der Waals surface area contributed by atoms with Crippen molar-refractivity contribution in [1.82, 2.24) is 0 Å². The maximum absolute atomic E-state index is 8.52. The van der Waals surface area contributed by atoms with E-state index in [4.69, 9.17) is 28.1 Å². The average molecular weight is 327 g/mol. The smallest absolute Gasteiger partial charge is 0.672 e. The molecule has 0 radical (unpaired) electrons. The molecule has 0 saturated heterocycles. The van der Waals surface area contributed by atoms with Crippen LogP contribution in [0.1, 0.15) is 0 Å². The van der Waals surface area contributed by atoms with Gasteiger partial charge in [-0.3, -0.25) is 0 Å². The van der Waals surface area contributed by atoms with Gasteiger partial charge in [0.25, 0.3) is 0 Å². The third-order valence-corrected chi connectivity index (χ3v) is 0. The molecule has 0 atom stereocenters. The molecular formula is LuO6Si2-. The molecule has 0 N–H and O–H groups in total. The summed E-state index contributed by atoms with van der Waals surface area (Å²) in [5.74, 6) is 0. The van der Waals surface area contributed by atoms with Crippen molar-refractivity contribution in [2.24, 2.45) is 0 Å². The molecule has 0 heterocycles. The normalized spacial score (nSPS) is 5.33. The van der Waals surface area contributed by atoms with E-state index in [2.05, 4.69) is 0 Å². The van der Waals surface area contributed by atoms with Crippen molar-refractivity contribution in [3.63, 3.8) is 0 Å². The Morgan fingerprint density at radius 3 is 0.778 bits per heavy atom. The van der Waals surface area contributed by atoms with E-state index in [1.807, 2.05) is 0 Å². The van der Waals surface area contributed by atoms with Crippen LogP contribution in [0.5, 0.6) is 0 Å². The van der Waals surface area contributed by atoms with Crippen LogP contribution in [0.25, 0.3) is 0 Å². The summed E-state index contributed by atoms with van der Waals surface area (Å²) >= 11 is 0. The molecule has 9 heavy (non-hydrogen) atoms. The predicted molar refractivity (Wildman–Crippen MR) is 12.9 cm³/mol. The summed E-state index contributed by atoms with van der Waals surface area (Å²) in [4.78, 5) is 34.1. The summed E-state index contributed by atoms with van der Waals surface area (Å²) in [7, 11) is -7.26. The summed E-state index contributed by atoms with van der Waals surface area (Å²) in [6, 6.07) is 0. The average Bonchev–Trinajstić information content (AvgIpc) is 1.25. The van der Waals surface area contributed by atoms with Crippen LogP contribution in [0.15, 0.2) is 0 Å². The van der Waals surface area contributed by atoms with Gasteiger partial charge in [0.05, 0.1) is 0 Å². The summed E-state index contributed by atoms with van der Waals surface area (Å²) in [6.45, 7) is 0. The Kier molecular flexibility index (Phi) is 20.4. The van der Waals surface area contributed by atoms with Crippen LogP contribution in [0.3, 0.4) is 0 Å². The van der Waals surface area contributed by atoms with Crippen LogP contribution in [-0.4, -0.2) is 18.3 Å². The van der Waals surface area contributed by atoms with Gasteiger partial charge in [0.2, 0.25) is 0 Å². The molecular weight excluding hydrogens is 327 g/mol. The Labute approximate surface area is 82.8 Å². The van der Waals surface area contributed by atoms with Crippen molar-refractivity contribution in [1.29, 1.82) is 0 Å². The molecule has 0 rings (SSSR count). The predicted octanol–water partition coefficient (Wildman–Crippen LogP) is -5.76. The van der Waals surface area contributed by atoms with Crippen molar-refractivity contribution in [2.75, 3.05) is 0 Å². The maximum atomic E-state index is 8.52. The molecule has 0 unspecified atom stereocenters. The van der Waals surface area contributed by atoms with Crippen molar-refractivity contribution in [2.45, 2.75) is 0 Å². The Morgan fingerprint density at radius 2 is 0.778 bits per heavy atom. The Bertz CT molecular complexity index is 69.1. The molecule has 9 heteroatoms. The molecule has 0 aromatic heterocycles. The van der Waals surface area contributed by atoms with E-state index in [0.717, 1.165) is 0 Å². The van der Waals surface area contributed by atoms with Crippen molar-refractivity contribution >= 4 is 18.3 Å². The van der Waals surface area contributed by atoms with E-state index in [1.165, 1.54) is 0 Å². The first-order valence-electron chi connectivity index (χ1n) is 1.22. The minimum Gasteiger partial charge on any atom is -0.672 e. The van der Waals surface area contributed by atoms with Crippen molar-refractivity contribution < 1.29 is 65.0 Å². The van der Waals surface area contributed by atoms with E-state index in [0.29, 0.717) is 0 Å². The molecule has 0 aromatic rings. The third kappa shape index (κ3) is 1620. The molecule has 0 aromatic carbocycles. The van der Waals surface area contributed by atoms with E-state index < -0.39 is 18.3 Å². The third-order valence-electron chi connectivity index (χ3n) is 0. The van der Waals surface area contributed by atoms with Gasteiger partial charge in [0.1, 0.15) is 0 Å². The second-order valence-electron chi connectivity index (χ2n) is 0.500. The quantitative estimate of drug-likeness (QED) is 0.408. The monoisotopic (exact) mass is 327 g/mol. The second kappa shape index (κ2) is 11.3. The van der Waals surface area contributed by atoms with Crippen LogP contribution in [0.4, 0.5) is 0 Å². The van der Waals surface area contributed by atoms with Gasteiger partial charge < -0.3 is 28.1 Å². The number of rotatable bonds is 0. The van der Waals surface area contributed by atoms with Crippen molar-refractivity contribution in [3.05, 3.63) is 0 Å². The van der Waals surface area contributed by atoms with Gasteiger partial charge in [0, 0.05) is 18.3 Å². The molecule has 60 valence electrons. The van der Waals surface area contributed by atoms with Gasteiger partial charge in [-0.1, -0.05) is 0 Å². The molecule has 6 nitrogen and oxygen atoms in total. The van der Waals surface area contributed by atoms with Gasteiger partial charge in [-0.05, 0) is 0 Å². The van der Waals surface area contributed by atoms with Crippen LogP contribution in [0.2, 0.25) is 0 Å². The first-order chi connectivity index (χ1) is 3.46. The fourth-order valence-electron chi connectivity index (χ4n) is 0. The maximum Gasteiger partial charge on any atom is 3.00 e. The Balaban J connectivity index is -0.0000000720. The molecule has 0 saturated carbocycles. The second-order valence-corrected chi connectivity index (χ2v) is 1.50. The summed E-state index contributed by atoms with van der Waals surface area (Å²) in [5, 5.41) is 0. The van der Waals surface area contributed by atoms with Gasteiger partial charge in [0.15, 0.2) is 0 Å². The molecule has 0 amide bonds. The number of hydrogen-bond donors (Lipinski definition) is 0. The molecule has 0 fully saturated rings. The molecule has 0 aliphatic heterocycles. The fraction of sp³-hybridized carbons (Fsp3) is 0.